The van der Waals surface area contributed by atoms with Crippen LogP contribution in [0.1, 0.15) is 5.76 Å². The van der Waals surface area contributed by atoms with Gasteiger partial charge in [-0.25, -0.2) is 0 Å². The summed E-state index contributed by atoms with van der Waals surface area (Å²) in [7, 11) is 0. The van der Waals surface area contributed by atoms with Gasteiger partial charge in [-0.1, -0.05) is 12.1 Å². The van der Waals surface area contributed by atoms with Gasteiger partial charge in [-0.2, -0.15) is 0 Å². The van der Waals surface area contributed by atoms with Gasteiger partial charge in [0.2, 0.25) is 0 Å². The van der Waals surface area contributed by atoms with E-state index in [9.17, 15) is 5.11 Å². The lowest BCUT2D eigenvalue weighted by Gasteiger charge is -2.13. The molecular formula is C14H16BrNO3. The summed E-state index contributed by atoms with van der Waals surface area (Å²) in [6, 6.07) is 11.3. The first kappa shape index (κ1) is 14.1. The lowest BCUT2D eigenvalue weighted by molar-refractivity contribution is 0.105. The highest BCUT2D eigenvalue weighted by Gasteiger charge is 2.07. The maximum absolute atomic E-state index is 9.80. The average Bonchev–Trinajstić information content (AvgIpc) is 2.91. The van der Waals surface area contributed by atoms with Gasteiger partial charge in [0.1, 0.15) is 24.2 Å². The first-order chi connectivity index (χ1) is 9.25. The molecule has 0 saturated heterocycles. The predicted molar refractivity (Wildman–Crippen MR) is 76.1 cm³/mol. The first-order valence-corrected chi connectivity index (χ1v) is 6.83. The number of benzene rings is 1. The van der Waals surface area contributed by atoms with Crippen LogP contribution in [0.4, 0.5) is 0 Å². The molecule has 1 atom stereocenters. The number of halogens is 1. The number of para-hydroxylation sites is 1. The molecule has 0 amide bonds. The maximum atomic E-state index is 9.80. The third-order valence-electron chi connectivity index (χ3n) is 2.53. The number of furan rings is 1. The molecule has 5 heteroatoms. The summed E-state index contributed by atoms with van der Waals surface area (Å²) in [6.07, 6.45) is 1.06. The number of nitrogens with one attached hydrogen (secondary N) is 1. The van der Waals surface area contributed by atoms with E-state index in [4.69, 9.17) is 9.15 Å². The molecule has 2 rings (SSSR count). The fourth-order valence-corrected chi connectivity index (χ4v) is 1.98. The molecule has 1 unspecified atom stereocenters. The summed E-state index contributed by atoms with van der Waals surface area (Å²) in [5.41, 5.74) is 0. The summed E-state index contributed by atoms with van der Waals surface area (Å²) >= 11 is 3.39. The van der Waals surface area contributed by atoms with Crippen LogP contribution in [0.5, 0.6) is 5.75 Å². The molecule has 0 spiro atoms. The zero-order valence-corrected chi connectivity index (χ0v) is 12.0. The second-order valence-corrected chi connectivity index (χ2v) is 4.96. The minimum Gasteiger partial charge on any atom is -0.490 e. The lowest BCUT2D eigenvalue weighted by Crippen LogP contribution is -2.31. The van der Waals surface area contributed by atoms with Crippen LogP contribution in [-0.2, 0) is 6.54 Å². The van der Waals surface area contributed by atoms with Crippen LogP contribution in [0.25, 0.3) is 0 Å². The average molecular weight is 326 g/mol. The number of rotatable bonds is 7. The molecule has 102 valence electrons. The van der Waals surface area contributed by atoms with Gasteiger partial charge in [0, 0.05) is 6.54 Å². The van der Waals surface area contributed by atoms with Gasteiger partial charge in [-0.15, -0.1) is 0 Å². The summed E-state index contributed by atoms with van der Waals surface area (Å²) in [5, 5.41) is 12.9. The largest absolute Gasteiger partial charge is 0.490 e. The fourth-order valence-electron chi connectivity index (χ4n) is 1.58. The highest BCUT2D eigenvalue weighted by molar-refractivity contribution is 9.10. The quantitative estimate of drug-likeness (QED) is 0.821. The van der Waals surface area contributed by atoms with E-state index < -0.39 is 6.10 Å². The molecule has 0 aliphatic carbocycles. The standard InChI is InChI=1S/C14H16BrNO3/c15-13-5-1-2-6-14(13)19-10-11(17)8-16-9-12-4-3-7-18-12/h1-7,11,16-17H,8-10H2. The zero-order valence-electron chi connectivity index (χ0n) is 10.4. The van der Waals surface area contributed by atoms with Gasteiger partial charge < -0.3 is 19.6 Å². The Morgan fingerprint density at radius 2 is 2.11 bits per heavy atom. The van der Waals surface area contributed by atoms with Crippen molar-refractivity contribution in [1.29, 1.82) is 0 Å². The third-order valence-corrected chi connectivity index (χ3v) is 3.18. The van der Waals surface area contributed by atoms with Crippen molar-refractivity contribution < 1.29 is 14.3 Å². The third kappa shape index (κ3) is 4.70. The molecule has 1 heterocycles. The van der Waals surface area contributed by atoms with Gasteiger partial charge >= 0.3 is 0 Å². The molecule has 0 fully saturated rings. The van der Waals surface area contributed by atoms with E-state index in [0.717, 1.165) is 16.0 Å². The van der Waals surface area contributed by atoms with Crippen LogP contribution in [0, 0.1) is 0 Å². The Morgan fingerprint density at radius 1 is 1.26 bits per heavy atom. The van der Waals surface area contributed by atoms with Crippen molar-refractivity contribution in [3.05, 3.63) is 52.9 Å². The van der Waals surface area contributed by atoms with Gasteiger partial charge in [0.05, 0.1) is 17.3 Å². The van der Waals surface area contributed by atoms with E-state index in [1.165, 1.54) is 0 Å². The highest BCUT2D eigenvalue weighted by atomic mass is 79.9. The van der Waals surface area contributed by atoms with Crippen molar-refractivity contribution in [3.8, 4) is 5.75 Å². The Kier molecular flexibility index (Phi) is 5.44. The summed E-state index contributed by atoms with van der Waals surface area (Å²) in [6.45, 7) is 1.29. The molecule has 0 bridgehead atoms. The van der Waals surface area contributed by atoms with Crippen molar-refractivity contribution in [1.82, 2.24) is 5.32 Å². The number of aliphatic hydroxyl groups is 1. The first-order valence-electron chi connectivity index (χ1n) is 6.04. The van der Waals surface area contributed by atoms with Crippen molar-refractivity contribution in [2.45, 2.75) is 12.6 Å². The molecule has 0 aliphatic rings. The molecule has 0 radical (unpaired) electrons. The molecule has 2 aromatic rings. The number of ether oxygens (including phenoxy) is 1. The van der Waals surface area contributed by atoms with Crippen molar-refractivity contribution >= 4 is 15.9 Å². The van der Waals surface area contributed by atoms with Crippen molar-refractivity contribution in [3.63, 3.8) is 0 Å². The molecule has 2 N–H and O–H groups in total. The van der Waals surface area contributed by atoms with Crippen LogP contribution in [0.3, 0.4) is 0 Å². The normalized spacial score (nSPS) is 12.3. The molecule has 1 aromatic heterocycles. The van der Waals surface area contributed by atoms with Gasteiger partial charge in [-0.05, 0) is 40.2 Å². The second-order valence-electron chi connectivity index (χ2n) is 4.11. The maximum Gasteiger partial charge on any atom is 0.133 e. The van der Waals surface area contributed by atoms with E-state index >= 15 is 0 Å². The second kappa shape index (κ2) is 7.33. The monoisotopic (exact) mass is 325 g/mol. The van der Waals surface area contributed by atoms with Crippen LogP contribution >= 0.6 is 15.9 Å². The van der Waals surface area contributed by atoms with Crippen LogP contribution in [0.2, 0.25) is 0 Å². The van der Waals surface area contributed by atoms with E-state index in [2.05, 4.69) is 21.2 Å². The molecule has 19 heavy (non-hydrogen) atoms. The summed E-state index contributed by atoms with van der Waals surface area (Å²) in [5.74, 6) is 1.58. The smallest absolute Gasteiger partial charge is 0.133 e. The predicted octanol–water partition coefficient (Wildman–Crippen LogP) is 2.57. The Morgan fingerprint density at radius 3 is 2.84 bits per heavy atom. The van der Waals surface area contributed by atoms with Gasteiger partial charge in [-0.3, -0.25) is 0 Å². The zero-order chi connectivity index (χ0) is 13.5. The Bertz CT molecular complexity index is 487. The molecular weight excluding hydrogens is 310 g/mol. The Hall–Kier alpha value is -1.30. The van der Waals surface area contributed by atoms with Gasteiger partial charge in [0.25, 0.3) is 0 Å². The molecule has 0 saturated carbocycles. The van der Waals surface area contributed by atoms with Crippen molar-refractivity contribution in [2.24, 2.45) is 0 Å². The number of hydrogen-bond acceptors (Lipinski definition) is 4. The van der Waals surface area contributed by atoms with Gasteiger partial charge in [0.15, 0.2) is 0 Å². The van der Waals surface area contributed by atoms with E-state index in [-0.39, 0.29) is 6.61 Å². The summed E-state index contributed by atoms with van der Waals surface area (Å²) in [4.78, 5) is 0. The fraction of sp³-hybridized carbons (Fsp3) is 0.286. The van der Waals surface area contributed by atoms with E-state index in [0.29, 0.717) is 13.1 Å². The van der Waals surface area contributed by atoms with Crippen LogP contribution in [-0.4, -0.2) is 24.4 Å². The summed E-state index contributed by atoms with van der Waals surface area (Å²) < 4.78 is 11.6. The van der Waals surface area contributed by atoms with E-state index in [1.807, 2.05) is 36.4 Å². The molecule has 1 aromatic carbocycles. The number of aliphatic hydroxyl groups excluding tert-OH is 1. The van der Waals surface area contributed by atoms with Crippen LogP contribution in [0.15, 0.2) is 51.6 Å². The Balaban J connectivity index is 1.67. The SMILES string of the molecule is OC(CNCc1ccco1)COc1ccccc1Br. The molecule has 4 nitrogen and oxygen atoms in total. The van der Waals surface area contributed by atoms with E-state index in [1.54, 1.807) is 6.26 Å². The minimum absolute atomic E-state index is 0.244. The number of hydrogen-bond donors (Lipinski definition) is 2. The topological polar surface area (TPSA) is 54.6 Å². The van der Waals surface area contributed by atoms with Crippen LogP contribution < -0.4 is 10.1 Å². The Labute approximate surface area is 120 Å². The minimum atomic E-state index is -0.568. The highest BCUT2D eigenvalue weighted by Crippen LogP contribution is 2.23. The lowest BCUT2D eigenvalue weighted by atomic mass is 10.3. The van der Waals surface area contributed by atoms with Crippen molar-refractivity contribution in [2.75, 3.05) is 13.2 Å². The molecule has 0 aliphatic heterocycles.